The molecular weight excluding hydrogens is 385 g/mol. The summed E-state index contributed by atoms with van der Waals surface area (Å²) >= 11 is 0. The Morgan fingerprint density at radius 1 is 1.03 bits per heavy atom. The second kappa shape index (κ2) is 7.15. The molecule has 6 heteroatoms. The van der Waals surface area contributed by atoms with Crippen LogP contribution in [0.4, 0.5) is 10.1 Å². The molecule has 0 spiro atoms. The van der Waals surface area contributed by atoms with E-state index in [-0.39, 0.29) is 25.0 Å². The summed E-state index contributed by atoms with van der Waals surface area (Å²) in [4.78, 5) is 13.1. The highest BCUT2D eigenvalue weighted by atomic mass is 19.1. The third-order valence-corrected chi connectivity index (χ3v) is 5.82. The van der Waals surface area contributed by atoms with Gasteiger partial charge >= 0.3 is 0 Å². The highest BCUT2D eigenvalue weighted by Crippen LogP contribution is 2.51. The van der Waals surface area contributed by atoms with Crippen LogP contribution in [0, 0.1) is 5.82 Å². The molecule has 1 heterocycles. The van der Waals surface area contributed by atoms with Gasteiger partial charge in [0.15, 0.2) is 11.5 Å². The maximum absolute atomic E-state index is 14.5. The second-order valence-electron chi connectivity index (χ2n) is 7.61. The Balaban J connectivity index is 1.44. The third kappa shape index (κ3) is 3.09. The molecule has 0 saturated heterocycles. The van der Waals surface area contributed by atoms with Gasteiger partial charge in [-0.15, -0.1) is 0 Å². The summed E-state index contributed by atoms with van der Waals surface area (Å²) in [6.45, 7) is 0.0494. The van der Waals surface area contributed by atoms with E-state index in [2.05, 4.69) is 5.32 Å². The number of anilines is 1. The maximum atomic E-state index is 14.5. The van der Waals surface area contributed by atoms with Crippen molar-refractivity contribution in [2.45, 2.75) is 24.9 Å². The molecule has 1 saturated carbocycles. The highest BCUT2D eigenvalue weighted by Gasteiger charge is 2.51. The van der Waals surface area contributed by atoms with Crippen molar-refractivity contribution >= 4 is 11.6 Å². The fourth-order valence-electron chi connectivity index (χ4n) is 3.94. The molecule has 3 aromatic carbocycles. The van der Waals surface area contributed by atoms with Crippen molar-refractivity contribution in [1.29, 1.82) is 0 Å². The Hall–Kier alpha value is -3.38. The number of fused-ring (bicyclic) bond motifs is 1. The molecule has 0 aromatic heterocycles. The van der Waals surface area contributed by atoms with Gasteiger partial charge in [0.05, 0.1) is 17.7 Å². The van der Waals surface area contributed by atoms with Crippen LogP contribution in [0.1, 0.15) is 24.0 Å². The van der Waals surface area contributed by atoms with Crippen LogP contribution in [0.15, 0.2) is 60.7 Å². The van der Waals surface area contributed by atoms with Crippen molar-refractivity contribution < 1.29 is 23.8 Å². The number of hydrogen-bond acceptors (Lipinski definition) is 4. The van der Waals surface area contributed by atoms with Gasteiger partial charge in [0.25, 0.3) is 0 Å². The minimum Gasteiger partial charge on any atom is -0.454 e. The predicted molar refractivity (Wildman–Crippen MR) is 110 cm³/mol. The quantitative estimate of drug-likeness (QED) is 0.661. The largest absolute Gasteiger partial charge is 0.454 e. The van der Waals surface area contributed by atoms with Gasteiger partial charge in [-0.05, 0) is 59.4 Å². The molecule has 1 aliphatic heterocycles. The number of rotatable bonds is 5. The van der Waals surface area contributed by atoms with Crippen LogP contribution in [0.25, 0.3) is 11.1 Å². The number of nitrogens with one attached hydrogen (secondary N) is 1. The summed E-state index contributed by atoms with van der Waals surface area (Å²) in [5, 5.41) is 12.4. The van der Waals surface area contributed by atoms with Crippen LogP contribution in [-0.2, 0) is 16.8 Å². The fraction of sp³-hybridized carbons (Fsp3) is 0.208. The summed E-state index contributed by atoms with van der Waals surface area (Å²) in [7, 11) is 0. The van der Waals surface area contributed by atoms with E-state index in [0.29, 0.717) is 24.3 Å². The molecule has 0 unspecified atom stereocenters. The first kappa shape index (κ1) is 18.6. The van der Waals surface area contributed by atoms with Gasteiger partial charge in [0.2, 0.25) is 12.7 Å². The summed E-state index contributed by atoms with van der Waals surface area (Å²) < 4.78 is 25.3. The van der Waals surface area contributed by atoms with Crippen LogP contribution in [0.5, 0.6) is 11.5 Å². The zero-order valence-electron chi connectivity index (χ0n) is 16.2. The number of benzene rings is 3. The number of halogens is 1. The first-order valence-corrected chi connectivity index (χ1v) is 9.81. The van der Waals surface area contributed by atoms with Gasteiger partial charge in [-0.1, -0.05) is 36.4 Å². The zero-order chi connectivity index (χ0) is 20.7. The lowest BCUT2D eigenvalue weighted by Crippen LogP contribution is -2.28. The van der Waals surface area contributed by atoms with E-state index < -0.39 is 11.2 Å². The van der Waals surface area contributed by atoms with Gasteiger partial charge < -0.3 is 19.9 Å². The maximum Gasteiger partial charge on any atom is 0.235 e. The molecule has 1 fully saturated rings. The van der Waals surface area contributed by atoms with Crippen molar-refractivity contribution in [2.75, 3.05) is 12.1 Å². The van der Waals surface area contributed by atoms with Crippen LogP contribution in [-0.4, -0.2) is 17.8 Å². The lowest BCUT2D eigenvalue weighted by Gasteiger charge is -2.17. The number of hydrogen-bond donors (Lipinski definition) is 2. The second-order valence-corrected chi connectivity index (χ2v) is 7.61. The highest BCUT2D eigenvalue weighted by molar-refractivity contribution is 6.02. The zero-order valence-corrected chi connectivity index (χ0v) is 16.2. The molecule has 2 N–H and O–H groups in total. The molecule has 0 bridgehead atoms. The van der Waals surface area contributed by atoms with E-state index in [1.807, 2.05) is 36.4 Å². The van der Waals surface area contributed by atoms with Crippen LogP contribution in [0.2, 0.25) is 0 Å². The first-order chi connectivity index (χ1) is 14.6. The van der Waals surface area contributed by atoms with E-state index in [0.717, 1.165) is 22.3 Å². The van der Waals surface area contributed by atoms with Gasteiger partial charge in [-0.2, -0.15) is 0 Å². The molecule has 0 atom stereocenters. The van der Waals surface area contributed by atoms with Crippen molar-refractivity contribution in [3.8, 4) is 22.6 Å². The SMILES string of the molecule is O=C(Nc1cc(-c2ccccc2CO)ccc1F)C1(c2ccc3c(c2)OCO3)CC1. The van der Waals surface area contributed by atoms with E-state index in [1.165, 1.54) is 6.07 Å². The van der Waals surface area contributed by atoms with Crippen molar-refractivity contribution in [3.63, 3.8) is 0 Å². The van der Waals surface area contributed by atoms with E-state index in [1.54, 1.807) is 18.2 Å². The monoisotopic (exact) mass is 405 g/mol. The molecule has 152 valence electrons. The third-order valence-electron chi connectivity index (χ3n) is 5.82. The number of carbonyl (C=O) groups is 1. The minimum absolute atomic E-state index is 0.122. The number of carbonyl (C=O) groups excluding carboxylic acids is 1. The standard InChI is InChI=1S/C24H20FNO4/c25-19-7-5-15(18-4-2-1-3-16(18)13-27)11-20(19)26-23(28)24(9-10-24)17-6-8-21-22(12-17)30-14-29-21/h1-8,11-12,27H,9-10,13-14H2,(H,26,28). The molecular formula is C24H20FNO4. The number of amides is 1. The number of aliphatic hydroxyl groups excluding tert-OH is 1. The molecule has 30 heavy (non-hydrogen) atoms. The van der Waals surface area contributed by atoms with Gasteiger partial charge in [0, 0.05) is 0 Å². The number of aliphatic hydroxyl groups is 1. The van der Waals surface area contributed by atoms with Crippen LogP contribution >= 0.6 is 0 Å². The van der Waals surface area contributed by atoms with Crippen LogP contribution < -0.4 is 14.8 Å². The lowest BCUT2D eigenvalue weighted by molar-refractivity contribution is -0.118. The summed E-state index contributed by atoms with van der Waals surface area (Å²) in [5.74, 6) is 0.541. The van der Waals surface area contributed by atoms with Crippen LogP contribution in [0.3, 0.4) is 0 Å². The molecule has 5 nitrogen and oxygen atoms in total. The normalized spacial score (nSPS) is 15.7. The smallest absolute Gasteiger partial charge is 0.235 e. The van der Waals surface area contributed by atoms with Gasteiger partial charge in [0.1, 0.15) is 5.82 Å². The van der Waals surface area contributed by atoms with Gasteiger partial charge in [-0.25, -0.2) is 4.39 Å². The molecule has 1 aliphatic carbocycles. The number of ether oxygens (including phenoxy) is 2. The van der Waals surface area contributed by atoms with E-state index in [9.17, 15) is 14.3 Å². The Bertz CT molecular complexity index is 1140. The van der Waals surface area contributed by atoms with Crippen molar-refractivity contribution in [1.82, 2.24) is 0 Å². The summed E-state index contributed by atoms with van der Waals surface area (Å²) in [6.07, 6.45) is 1.38. The summed E-state index contributed by atoms with van der Waals surface area (Å²) in [6, 6.07) is 17.5. The lowest BCUT2D eigenvalue weighted by atomic mass is 9.94. The molecule has 3 aromatic rings. The fourth-order valence-corrected chi connectivity index (χ4v) is 3.94. The Labute approximate surface area is 173 Å². The Kier molecular flexibility index (Phi) is 4.44. The Morgan fingerprint density at radius 2 is 1.83 bits per heavy atom. The van der Waals surface area contributed by atoms with Gasteiger partial charge in [-0.3, -0.25) is 4.79 Å². The molecule has 2 aliphatic rings. The Morgan fingerprint density at radius 3 is 2.63 bits per heavy atom. The molecule has 5 rings (SSSR count). The topological polar surface area (TPSA) is 67.8 Å². The average Bonchev–Trinajstić information content (AvgIpc) is 3.46. The average molecular weight is 405 g/mol. The van der Waals surface area contributed by atoms with Crippen molar-refractivity contribution in [2.24, 2.45) is 0 Å². The van der Waals surface area contributed by atoms with E-state index >= 15 is 0 Å². The predicted octanol–water partition coefficient (Wildman–Crippen LogP) is 4.38. The van der Waals surface area contributed by atoms with Crippen molar-refractivity contribution in [3.05, 3.63) is 77.6 Å². The first-order valence-electron chi connectivity index (χ1n) is 9.81. The summed E-state index contributed by atoms with van der Waals surface area (Å²) in [5.41, 5.74) is 2.53. The molecule has 0 radical (unpaired) electrons. The minimum atomic E-state index is -0.688. The van der Waals surface area contributed by atoms with E-state index in [4.69, 9.17) is 9.47 Å². The molecule has 1 amide bonds.